The van der Waals surface area contributed by atoms with Crippen molar-refractivity contribution < 1.29 is 13.6 Å². The van der Waals surface area contributed by atoms with E-state index in [0.717, 1.165) is 6.07 Å². The minimum Gasteiger partial charge on any atom is -0.383 e. The third kappa shape index (κ3) is 1.77. The van der Waals surface area contributed by atoms with Gasteiger partial charge in [-0.05, 0) is 12.1 Å². The number of carbonyl (C=O) groups is 1. The molecule has 0 saturated carbocycles. The van der Waals surface area contributed by atoms with Crippen LogP contribution in [0.5, 0.6) is 0 Å². The monoisotopic (exact) mass is 237 g/mol. The molecule has 2 aromatic rings. The highest BCUT2D eigenvalue weighted by atomic mass is 19.2. The molecule has 0 radical (unpaired) electrons. The second-order valence-corrected chi connectivity index (χ2v) is 3.50. The molecule has 0 amide bonds. The van der Waals surface area contributed by atoms with E-state index in [4.69, 9.17) is 5.73 Å². The van der Waals surface area contributed by atoms with E-state index in [2.05, 4.69) is 5.10 Å². The molecule has 0 aliphatic rings. The Bertz CT molecular complexity index is 592. The van der Waals surface area contributed by atoms with Gasteiger partial charge in [0.1, 0.15) is 5.82 Å². The topological polar surface area (TPSA) is 60.9 Å². The predicted molar refractivity (Wildman–Crippen MR) is 57.4 cm³/mol. The number of hydrogen-bond acceptors (Lipinski definition) is 3. The Labute approximate surface area is 95.7 Å². The number of hydrogen-bond donors (Lipinski definition) is 1. The van der Waals surface area contributed by atoms with Crippen molar-refractivity contribution in [3.8, 4) is 0 Å². The molecule has 0 aliphatic heterocycles. The Morgan fingerprint density at radius 1 is 1.35 bits per heavy atom. The first-order valence-corrected chi connectivity index (χ1v) is 4.78. The molecule has 88 valence electrons. The van der Waals surface area contributed by atoms with Gasteiger partial charge in [0, 0.05) is 7.05 Å². The summed E-state index contributed by atoms with van der Waals surface area (Å²) in [7, 11) is 1.55. The van der Waals surface area contributed by atoms with Crippen LogP contribution in [0.4, 0.5) is 14.6 Å². The van der Waals surface area contributed by atoms with Crippen LogP contribution in [0, 0.1) is 11.6 Å². The van der Waals surface area contributed by atoms with Crippen molar-refractivity contribution in [2.45, 2.75) is 0 Å². The number of aromatic nitrogens is 2. The molecule has 0 saturated heterocycles. The lowest BCUT2D eigenvalue weighted by Crippen LogP contribution is -2.08. The average Bonchev–Trinajstić information content (AvgIpc) is 2.63. The van der Waals surface area contributed by atoms with Gasteiger partial charge in [-0.15, -0.1) is 0 Å². The van der Waals surface area contributed by atoms with Gasteiger partial charge in [-0.1, -0.05) is 6.07 Å². The number of benzene rings is 1. The fourth-order valence-corrected chi connectivity index (χ4v) is 1.45. The van der Waals surface area contributed by atoms with Gasteiger partial charge in [0.15, 0.2) is 11.6 Å². The van der Waals surface area contributed by atoms with E-state index in [1.54, 1.807) is 7.05 Å². The molecule has 1 aromatic carbocycles. The fourth-order valence-electron chi connectivity index (χ4n) is 1.45. The number of nitrogens with two attached hydrogens (primary N) is 1. The van der Waals surface area contributed by atoms with Gasteiger partial charge in [0.05, 0.1) is 17.3 Å². The first-order chi connectivity index (χ1) is 8.02. The number of anilines is 1. The van der Waals surface area contributed by atoms with E-state index in [1.807, 2.05) is 0 Å². The second-order valence-electron chi connectivity index (χ2n) is 3.50. The number of ketones is 1. The minimum atomic E-state index is -1.18. The lowest BCUT2D eigenvalue weighted by Gasteiger charge is -2.02. The van der Waals surface area contributed by atoms with E-state index in [9.17, 15) is 13.6 Å². The second kappa shape index (κ2) is 3.97. The van der Waals surface area contributed by atoms with E-state index in [-0.39, 0.29) is 16.9 Å². The van der Waals surface area contributed by atoms with Crippen LogP contribution in [-0.2, 0) is 7.05 Å². The lowest BCUT2D eigenvalue weighted by atomic mass is 10.1. The fraction of sp³-hybridized carbons (Fsp3) is 0.0909. The number of nitrogens with zero attached hydrogens (tertiary/aromatic N) is 2. The molecule has 1 heterocycles. The van der Waals surface area contributed by atoms with Gasteiger partial charge in [-0.3, -0.25) is 9.48 Å². The number of carbonyl (C=O) groups excluding carboxylic acids is 1. The molecule has 0 atom stereocenters. The molecule has 0 bridgehead atoms. The summed E-state index contributed by atoms with van der Waals surface area (Å²) in [4.78, 5) is 11.9. The molecule has 0 spiro atoms. The van der Waals surface area contributed by atoms with Crippen molar-refractivity contribution in [3.63, 3.8) is 0 Å². The van der Waals surface area contributed by atoms with Crippen molar-refractivity contribution in [1.29, 1.82) is 0 Å². The van der Waals surface area contributed by atoms with Crippen LogP contribution in [0.3, 0.4) is 0 Å². The molecule has 6 heteroatoms. The summed E-state index contributed by atoms with van der Waals surface area (Å²) in [5.74, 6) is -2.83. The molecule has 0 aliphatic carbocycles. The SMILES string of the molecule is Cn1ncc(C(=O)c2cccc(F)c2F)c1N. The number of aryl methyl sites for hydroxylation is 1. The van der Waals surface area contributed by atoms with Gasteiger partial charge in [0.25, 0.3) is 0 Å². The van der Waals surface area contributed by atoms with Crippen molar-refractivity contribution in [1.82, 2.24) is 9.78 Å². The molecule has 0 fully saturated rings. The summed E-state index contributed by atoms with van der Waals surface area (Å²) < 4.78 is 27.7. The molecule has 2 rings (SSSR count). The average molecular weight is 237 g/mol. The van der Waals surface area contributed by atoms with E-state index in [0.29, 0.717) is 0 Å². The van der Waals surface area contributed by atoms with Gasteiger partial charge in [0.2, 0.25) is 5.78 Å². The van der Waals surface area contributed by atoms with Crippen molar-refractivity contribution in [2.75, 3.05) is 5.73 Å². The summed E-state index contributed by atoms with van der Waals surface area (Å²) in [6, 6.07) is 3.41. The third-order valence-corrected chi connectivity index (χ3v) is 2.43. The quantitative estimate of drug-likeness (QED) is 0.805. The summed E-state index contributed by atoms with van der Waals surface area (Å²) in [6.45, 7) is 0. The highest BCUT2D eigenvalue weighted by Crippen LogP contribution is 2.19. The maximum absolute atomic E-state index is 13.4. The van der Waals surface area contributed by atoms with Crippen LogP contribution in [0.15, 0.2) is 24.4 Å². The largest absolute Gasteiger partial charge is 0.383 e. The van der Waals surface area contributed by atoms with Gasteiger partial charge < -0.3 is 5.73 Å². The zero-order chi connectivity index (χ0) is 12.6. The van der Waals surface area contributed by atoms with Crippen LogP contribution in [-0.4, -0.2) is 15.6 Å². The van der Waals surface area contributed by atoms with Crippen LogP contribution in [0.25, 0.3) is 0 Å². The molecular weight excluding hydrogens is 228 g/mol. The van der Waals surface area contributed by atoms with Crippen LogP contribution in [0.1, 0.15) is 15.9 Å². The number of nitrogen functional groups attached to an aromatic ring is 1. The first-order valence-electron chi connectivity index (χ1n) is 4.78. The molecule has 0 unspecified atom stereocenters. The normalized spacial score (nSPS) is 10.5. The standard InChI is InChI=1S/C11H9F2N3O/c1-16-11(14)7(5-15-16)10(17)6-3-2-4-8(12)9(6)13/h2-5H,14H2,1H3. The number of halogens is 2. The Morgan fingerprint density at radius 3 is 2.65 bits per heavy atom. The van der Waals surface area contributed by atoms with Crippen molar-refractivity contribution in [2.24, 2.45) is 7.05 Å². The maximum Gasteiger partial charge on any atom is 0.201 e. The molecule has 2 N–H and O–H groups in total. The highest BCUT2D eigenvalue weighted by molar-refractivity contribution is 6.11. The Morgan fingerprint density at radius 2 is 2.06 bits per heavy atom. The van der Waals surface area contributed by atoms with Crippen molar-refractivity contribution >= 4 is 11.6 Å². The maximum atomic E-state index is 13.4. The molecular formula is C11H9F2N3O. The smallest absolute Gasteiger partial charge is 0.201 e. The predicted octanol–water partition coefficient (Wildman–Crippen LogP) is 1.51. The Balaban J connectivity index is 2.51. The van der Waals surface area contributed by atoms with Gasteiger partial charge in [-0.25, -0.2) is 8.78 Å². The number of rotatable bonds is 2. The Kier molecular flexibility index (Phi) is 2.63. The molecule has 1 aromatic heterocycles. The molecule has 4 nitrogen and oxygen atoms in total. The minimum absolute atomic E-state index is 0.0528. The molecule has 17 heavy (non-hydrogen) atoms. The first kappa shape index (κ1) is 11.3. The zero-order valence-electron chi connectivity index (χ0n) is 8.95. The zero-order valence-corrected chi connectivity index (χ0v) is 8.95. The van der Waals surface area contributed by atoms with Crippen LogP contribution >= 0.6 is 0 Å². The van der Waals surface area contributed by atoms with Crippen LogP contribution < -0.4 is 5.73 Å². The van der Waals surface area contributed by atoms with Gasteiger partial charge >= 0.3 is 0 Å². The summed E-state index contributed by atoms with van der Waals surface area (Å²) in [6.07, 6.45) is 1.22. The summed E-state index contributed by atoms with van der Waals surface area (Å²) in [5.41, 5.74) is 5.29. The van der Waals surface area contributed by atoms with E-state index >= 15 is 0 Å². The van der Waals surface area contributed by atoms with Crippen LogP contribution in [0.2, 0.25) is 0 Å². The highest BCUT2D eigenvalue weighted by Gasteiger charge is 2.20. The van der Waals surface area contributed by atoms with Gasteiger partial charge in [-0.2, -0.15) is 5.10 Å². The summed E-state index contributed by atoms with van der Waals surface area (Å²) in [5, 5.41) is 3.77. The Hall–Kier alpha value is -2.24. The third-order valence-electron chi connectivity index (χ3n) is 2.43. The van der Waals surface area contributed by atoms with E-state index < -0.39 is 17.4 Å². The summed E-state index contributed by atoms with van der Waals surface area (Å²) >= 11 is 0. The van der Waals surface area contributed by atoms with E-state index in [1.165, 1.54) is 23.0 Å². The van der Waals surface area contributed by atoms with Crippen molar-refractivity contribution in [3.05, 3.63) is 47.2 Å². The lowest BCUT2D eigenvalue weighted by molar-refractivity contribution is 0.103.